The Bertz CT molecular complexity index is 1360. The van der Waals surface area contributed by atoms with E-state index in [1.54, 1.807) is 0 Å². The van der Waals surface area contributed by atoms with Crippen LogP contribution in [0.15, 0.2) is 72.8 Å². The van der Waals surface area contributed by atoms with Crippen LogP contribution in [0.25, 0.3) is 16.6 Å². The van der Waals surface area contributed by atoms with E-state index in [4.69, 9.17) is 23.2 Å². The number of benzene rings is 3. The molecule has 0 radical (unpaired) electrons. The first-order valence-corrected chi connectivity index (χ1v) is 12.9. The van der Waals surface area contributed by atoms with E-state index in [0.717, 1.165) is 59.4 Å². The predicted molar refractivity (Wildman–Crippen MR) is 146 cm³/mol. The molecule has 4 aromatic rings. The molecule has 2 heterocycles. The number of carbonyl (C=O) groups excluding carboxylic acids is 1. The van der Waals surface area contributed by atoms with Crippen molar-refractivity contribution < 1.29 is 4.79 Å². The van der Waals surface area contributed by atoms with Gasteiger partial charge in [0, 0.05) is 45.5 Å². The van der Waals surface area contributed by atoms with Crippen LogP contribution in [0.4, 0.5) is 5.69 Å². The number of hydrogen-bond donors (Lipinski definition) is 1. The second-order valence-corrected chi connectivity index (χ2v) is 10.1. The molecule has 1 fully saturated rings. The summed E-state index contributed by atoms with van der Waals surface area (Å²) in [5.41, 5.74) is 5.57. The van der Waals surface area contributed by atoms with Crippen molar-refractivity contribution in [1.82, 2.24) is 9.47 Å². The number of halogens is 2. The van der Waals surface area contributed by atoms with Gasteiger partial charge < -0.3 is 9.88 Å². The molecule has 4 nitrogen and oxygen atoms in total. The Morgan fingerprint density at radius 1 is 0.943 bits per heavy atom. The first-order valence-electron chi connectivity index (χ1n) is 12.2. The van der Waals surface area contributed by atoms with Crippen LogP contribution in [0.1, 0.15) is 43.4 Å². The minimum absolute atomic E-state index is 0.0494. The molecular formula is C29H29Cl2N3O. The maximum atomic E-state index is 11.8. The first-order chi connectivity index (χ1) is 17.0. The molecule has 1 saturated heterocycles. The highest BCUT2D eigenvalue weighted by Crippen LogP contribution is 2.32. The maximum absolute atomic E-state index is 11.8. The Morgan fingerprint density at radius 2 is 1.71 bits per heavy atom. The molecule has 0 saturated carbocycles. The third-order valence-electron chi connectivity index (χ3n) is 6.85. The third kappa shape index (κ3) is 5.40. The number of amides is 1. The molecule has 0 unspecified atom stereocenters. The van der Waals surface area contributed by atoms with E-state index in [1.165, 1.54) is 16.6 Å². The normalized spacial score (nSPS) is 14.9. The molecule has 0 atom stereocenters. The minimum atomic E-state index is 0.0494. The summed E-state index contributed by atoms with van der Waals surface area (Å²) >= 11 is 12.7. The number of piperidine rings is 1. The minimum Gasteiger partial charge on any atom is -0.326 e. The van der Waals surface area contributed by atoms with Gasteiger partial charge >= 0.3 is 0 Å². The average molecular weight is 506 g/mol. The Labute approximate surface area is 216 Å². The topological polar surface area (TPSA) is 37.3 Å². The van der Waals surface area contributed by atoms with Crippen LogP contribution >= 0.6 is 23.2 Å². The molecule has 3 aromatic carbocycles. The van der Waals surface area contributed by atoms with Crippen LogP contribution in [0.3, 0.4) is 0 Å². The van der Waals surface area contributed by atoms with Crippen LogP contribution in [-0.4, -0.2) is 28.5 Å². The number of nitrogens with one attached hydrogen (secondary N) is 1. The summed E-state index contributed by atoms with van der Waals surface area (Å²) in [5.74, 6) is 0.552. The second kappa shape index (κ2) is 10.4. The van der Waals surface area contributed by atoms with E-state index >= 15 is 0 Å². The van der Waals surface area contributed by atoms with Crippen molar-refractivity contribution in [1.29, 1.82) is 0 Å². The largest absolute Gasteiger partial charge is 0.326 e. The number of hydrogen-bond acceptors (Lipinski definition) is 2. The predicted octanol–water partition coefficient (Wildman–Crippen LogP) is 7.67. The van der Waals surface area contributed by atoms with E-state index < -0.39 is 0 Å². The summed E-state index contributed by atoms with van der Waals surface area (Å²) in [6.45, 7) is 4.77. The van der Waals surface area contributed by atoms with Crippen molar-refractivity contribution in [3.8, 4) is 5.69 Å². The number of carbonyl (C=O) groups is 1. The Morgan fingerprint density at radius 3 is 2.49 bits per heavy atom. The lowest BCUT2D eigenvalue weighted by Crippen LogP contribution is -2.33. The van der Waals surface area contributed by atoms with Gasteiger partial charge in [-0.3, -0.25) is 9.69 Å². The van der Waals surface area contributed by atoms with E-state index in [-0.39, 0.29) is 5.91 Å². The molecule has 0 bridgehead atoms. The summed E-state index contributed by atoms with van der Waals surface area (Å²) in [5, 5.41) is 5.60. The van der Waals surface area contributed by atoms with Gasteiger partial charge in [0.1, 0.15) is 0 Å². The second-order valence-electron chi connectivity index (χ2n) is 9.23. The smallest absolute Gasteiger partial charge is 0.224 e. The zero-order chi connectivity index (χ0) is 24.4. The standard InChI is InChI=1S/C29H29Cl2N3O/c1-2-29(35)32-25-7-3-5-21(15-25)20-11-13-33(14-12-20)19-27-16-22-9-10-24(31)18-28(22)34(27)26-8-4-6-23(30)17-26/h3-10,15-18,20H,2,11-14,19H2,1H3,(H,32,35). The number of fused-ring (bicyclic) bond motifs is 1. The van der Waals surface area contributed by atoms with E-state index in [1.807, 2.05) is 49.4 Å². The molecule has 1 aliphatic heterocycles. The number of nitrogens with zero attached hydrogens (tertiary/aromatic N) is 2. The molecule has 180 valence electrons. The Kier molecular flexibility index (Phi) is 7.14. The van der Waals surface area contributed by atoms with Gasteiger partial charge in [0.15, 0.2) is 0 Å². The zero-order valence-corrected chi connectivity index (χ0v) is 21.3. The fourth-order valence-corrected chi connectivity index (χ4v) is 5.39. The molecule has 1 N–H and O–H groups in total. The van der Waals surface area contributed by atoms with E-state index in [2.05, 4.69) is 45.1 Å². The molecule has 6 heteroatoms. The molecule has 5 rings (SSSR count). The highest BCUT2D eigenvalue weighted by atomic mass is 35.5. The van der Waals surface area contributed by atoms with Gasteiger partial charge in [-0.2, -0.15) is 0 Å². The molecule has 35 heavy (non-hydrogen) atoms. The summed E-state index contributed by atoms with van der Waals surface area (Å²) in [4.78, 5) is 14.3. The van der Waals surface area contributed by atoms with Crippen LogP contribution in [0.5, 0.6) is 0 Å². The quantitative estimate of drug-likeness (QED) is 0.291. The molecule has 1 amide bonds. The van der Waals surface area contributed by atoms with Gasteiger partial charge in [-0.1, -0.05) is 54.4 Å². The van der Waals surface area contributed by atoms with Gasteiger partial charge in [0.05, 0.1) is 5.52 Å². The highest BCUT2D eigenvalue weighted by Gasteiger charge is 2.23. The fraction of sp³-hybridized carbons (Fsp3) is 0.276. The van der Waals surface area contributed by atoms with Gasteiger partial charge in [-0.25, -0.2) is 0 Å². The first kappa shape index (κ1) is 23.9. The number of anilines is 1. The zero-order valence-electron chi connectivity index (χ0n) is 19.8. The maximum Gasteiger partial charge on any atom is 0.224 e. The summed E-state index contributed by atoms with van der Waals surface area (Å²) < 4.78 is 2.28. The van der Waals surface area contributed by atoms with Gasteiger partial charge in [-0.15, -0.1) is 0 Å². The third-order valence-corrected chi connectivity index (χ3v) is 7.32. The van der Waals surface area contributed by atoms with Crippen molar-refractivity contribution in [3.63, 3.8) is 0 Å². The molecule has 1 aliphatic rings. The SMILES string of the molecule is CCC(=O)Nc1cccc(C2CCN(Cc3cc4ccc(Cl)cc4n3-c3cccc(Cl)c3)CC2)c1. The fourth-order valence-electron chi connectivity index (χ4n) is 5.04. The van der Waals surface area contributed by atoms with Crippen molar-refractivity contribution in [2.75, 3.05) is 18.4 Å². The van der Waals surface area contributed by atoms with Crippen molar-refractivity contribution in [2.45, 2.75) is 38.6 Å². The molecular weight excluding hydrogens is 477 g/mol. The van der Waals surface area contributed by atoms with Crippen molar-refractivity contribution in [2.24, 2.45) is 0 Å². The lowest BCUT2D eigenvalue weighted by molar-refractivity contribution is -0.115. The van der Waals surface area contributed by atoms with E-state index in [9.17, 15) is 4.79 Å². The van der Waals surface area contributed by atoms with Crippen molar-refractivity contribution >= 4 is 45.7 Å². The number of likely N-dealkylation sites (tertiary alicyclic amines) is 1. The van der Waals surface area contributed by atoms with E-state index in [0.29, 0.717) is 12.3 Å². The summed E-state index contributed by atoms with van der Waals surface area (Å²) in [7, 11) is 0. The number of aromatic nitrogens is 1. The Balaban J connectivity index is 1.34. The lowest BCUT2D eigenvalue weighted by Gasteiger charge is -2.32. The Hall–Kier alpha value is -2.79. The van der Waals surface area contributed by atoms with Crippen LogP contribution in [-0.2, 0) is 11.3 Å². The summed E-state index contributed by atoms with van der Waals surface area (Å²) in [6.07, 6.45) is 2.67. The molecule has 1 aromatic heterocycles. The highest BCUT2D eigenvalue weighted by molar-refractivity contribution is 6.31. The summed E-state index contributed by atoms with van der Waals surface area (Å²) in [6, 6.07) is 24.6. The molecule has 0 aliphatic carbocycles. The van der Waals surface area contributed by atoms with Gasteiger partial charge in [0.2, 0.25) is 5.91 Å². The van der Waals surface area contributed by atoms with Crippen molar-refractivity contribution in [3.05, 3.63) is 94.1 Å². The van der Waals surface area contributed by atoms with Gasteiger partial charge in [-0.05, 0) is 85.9 Å². The number of rotatable bonds is 6. The monoisotopic (exact) mass is 505 g/mol. The van der Waals surface area contributed by atoms with Gasteiger partial charge in [0.25, 0.3) is 0 Å². The van der Waals surface area contributed by atoms with Crippen LogP contribution in [0, 0.1) is 0 Å². The van der Waals surface area contributed by atoms with Crippen LogP contribution < -0.4 is 5.32 Å². The van der Waals surface area contributed by atoms with Crippen LogP contribution in [0.2, 0.25) is 10.0 Å². The lowest BCUT2D eigenvalue weighted by atomic mass is 9.89. The molecule has 0 spiro atoms. The average Bonchev–Trinajstić information content (AvgIpc) is 3.21.